The van der Waals surface area contributed by atoms with E-state index < -0.39 is 6.10 Å². The van der Waals surface area contributed by atoms with Crippen LogP contribution >= 0.6 is 11.6 Å². The van der Waals surface area contributed by atoms with Crippen LogP contribution in [0, 0.1) is 0 Å². The molecular formula is C24H29ClN2O4. The quantitative estimate of drug-likeness (QED) is 0.701. The normalized spacial score (nSPS) is 24.7. The van der Waals surface area contributed by atoms with Gasteiger partial charge in [-0.25, -0.2) is 0 Å². The number of aliphatic hydroxyl groups is 1. The summed E-state index contributed by atoms with van der Waals surface area (Å²) in [5.74, 6) is 1.29. The number of aliphatic hydroxyl groups excluding tert-OH is 1. The van der Waals surface area contributed by atoms with Crippen molar-refractivity contribution in [3.63, 3.8) is 0 Å². The molecule has 166 valence electrons. The lowest BCUT2D eigenvalue weighted by Crippen LogP contribution is -2.49. The second kappa shape index (κ2) is 9.90. The van der Waals surface area contributed by atoms with Gasteiger partial charge >= 0.3 is 0 Å². The molecule has 1 aliphatic heterocycles. The van der Waals surface area contributed by atoms with Gasteiger partial charge in [-0.3, -0.25) is 9.69 Å². The van der Waals surface area contributed by atoms with Gasteiger partial charge in [0.25, 0.3) is 0 Å². The third-order valence-electron chi connectivity index (χ3n) is 6.06. The van der Waals surface area contributed by atoms with E-state index in [1.54, 1.807) is 6.07 Å². The number of piperidine rings is 1. The Morgan fingerprint density at radius 3 is 2.45 bits per heavy atom. The Kier molecular flexibility index (Phi) is 7.00. The Labute approximate surface area is 188 Å². The third-order valence-corrected chi connectivity index (χ3v) is 6.31. The number of anilines is 1. The van der Waals surface area contributed by atoms with Gasteiger partial charge in [0.1, 0.15) is 29.8 Å². The van der Waals surface area contributed by atoms with Crippen LogP contribution in [0.25, 0.3) is 0 Å². The standard InChI is InChI=1S/C24H29ClN2O4/c1-16(28)26-20-4-2-3-5-22(20)31-23-11-10-21(24(23)29)27-14-12-19(13-15-27)30-18-8-6-17(25)7-9-18/h2-9,19,21,23-24,29H,10-15H2,1H3,(H,26,28). The highest BCUT2D eigenvalue weighted by molar-refractivity contribution is 6.30. The number of para-hydroxylation sites is 2. The molecule has 0 spiro atoms. The second-order valence-corrected chi connectivity index (χ2v) is 8.71. The number of carbonyl (C=O) groups is 1. The monoisotopic (exact) mass is 444 g/mol. The summed E-state index contributed by atoms with van der Waals surface area (Å²) in [4.78, 5) is 13.8. The molecule has 3 unspecified atom stereocenters. The Balaban J connectivity index is 1.30. The van der Waals surface area contributed by atoms with Gasteiger partial charge in [0, 0.05) is 31.1 Å². The molecular weight excluding hydrogens is 416 g/mol. The summed E-state index contributed by atoms with van der Waals surface area (Å²) in [5.41, 5.74) is 0.630. The topological polar surface area (TPSA) is 71.0 Å². The summed E-state index contributed by atoms with van der Waals surface area (Å²) in [6.07, 6.45) is 2.82. The molecule has 1 saturated carbocycles. The number of rotatable bonds is 6. The van der Waals surface area contributed by atoms with Crippen LogP contribution in [0.5, 0.6) is 11.5 Å². The van der Waals surface area contributed by atoms with Crippen molar-refractivity contribution in [2.75, 3.05) is 18.4 Å². The van der Waals surface area contributed by atoms with Crippen LogP contribution in [0.4, 0.5) is 5.69 Å². The van der Waals surface area contributed by atoms with Gasteiger partial charge in [-0.2, -0.15) is 0 Å². The second-order valence-electron chi connectivity index (χ2n) is 8.28. The first-order chi connectivity index (χ1) is 15.0. The van der Waals surface area contributed by atoms with E-state index in [4.69, 9.17) is 21.1 Å². The first-order valence-electron chi connectivity index (χ1n) is 10.9. The molecule has 4 rings (SSSR count). The number of hydrogen-bond acceptors (Lipinski definition) is 5. The number of likely N-dealkylation sites (tertiary alicyclic amines) is 1. The van der Waals surface area contributed by atoms with Gasteiger partial charge in [-0.1, -0.05) is 23.7 Å². The van der Waals surface area contributed by atoms with E-state index in [0.717, 1.165) is 44.5 Å². The van der Waals surface area contributed by atoms with E-state index in [1.807, 2.05) is 42.5 Å². The highest BCUT2D eigenvalue weighted by Gasteiger charge is 2.41. The zero-order chi connectivity index (χ0) is 21.8. The van der Waals surface area contributed by atoms with E-state index in [0.29, 0.717) is 16.5 Å². The van der Waals surface area contributed by atoms with E-state index in [2.05, 4.69) is 10.2 Å². The summed E-state index contributed by atoms with van der Waals surface area (Å²) in [5, 5.41) is 14.5. The molecule has 3 atom stereocenters. The van der Waals surface area contributed by atoms with Crippen LogP contribution in [0.3, 0.4) is 0 Å². The first kappa shape index (κ1) is 21.9. The smallest absolute Gasteiger partial charge is 0.221 e. The maximum absolute atomic E-state index is 11.4. The van der Waals surface area contributed by atoms with Crippen LogP contribution in [-0.4, -0.2) is 53.4 Å². The van der Waals surface area contributed by atoms with E-state index in [9.17, 15) is 9.90 Å². The van der Waals surface area contributed by atoms with Gasteiger partial charge in [0.2, 0.25) is 5.91 Å². The zero-order valence-corrected chi connectivity index (χ0v) is 18.4. The molecule has 7 heteroatoms. The Morgan fingerprint density at radius 2 is 1.74 bits per heavy atom. The molecule has 0 bridgehead atoms. The van der Waals surface area contributed by atoms with Crippen molar-refractivity contribution in [1.82, 2.24) is 4.90 Å². The number of hydrogen-bond donors (Lipinski definition) is 2. The SMILES string of the molecule is CC(=O)Nc1ccccc1OC1CCC(N2CCC(Oc3ccc(Cl)cc3)CC2)C1O. The summed E-state index contributed by atoms with van der Waals surface area (Å²) in [6, 6.07) is 14.9. The van der Waals surface area contributed by atoms with Gasteiger partial charge in [-0.15, -0.1) is 0 Å². The molecule has 1 amide bonds. The largest absolute Gasteiger partial charge is 0.490 e. The minimum atomic E-state index is -0.570. The molecule has 0 radical (unpaired) electrons. The van der Waals surface area contributed by atoms with Gasteiger partial charge in [0.15, 0.2) is 0 Å². The highest BCUT2D eigenvalue weighted by atomic mass is 35.5. The number of benzene rings is 2. The average Bonchev–Trinajstić information content (AvgIpc) is 3.11. The average molecular weight is 445 g/mol. The van der Waals surface area contributed by atoms with Crippen LogP contribution in [-0.2, 0) is 4.79 Å². The maximum Gasteiger partial charge on any atom is 0.221 e. The molecule has 1 saturated heterocycles. The van der Waals surface area contributed by atoms with Crippen LogP contribution in [0.2, 0.25) is 5.02 Å². The number of carbonyl (C=O) groups excluding carboxylic acids is 1. The van der Waals surface area contributed by atoms with Crippen molar-refractivity contribution in [2.24, 2.45) is 0 Å². The van der Waals surface area contributed by atoms with Crippen LogP contribution in [0.15, 0.2) is 48.5 Å². The predicted molar refractivity (Wildman–Crippen MR) is 121 cm³/mol. The van der Waals surface area contributed by atoms with Crippen molar-refractivity contribution < 1.29 is 19.4 Å². The molecule has 0 aromatic heterocycles. The van der Waals surface area contributed by atoms with Crippen LogP contribution in [0.1, 0.15) is 32.6 Å². The molecule has 1 aliphatic carbocycles. The predicted octanol–water partition coefficient (Wildman–Crippen LogP) is 4.11. The maximum atomic E-state index is 11.4. The number of halogens is 1. The van der Waals surface area contributed by atoms with E-state index in [-0.39, 0.29) is 24.2 Å². The summed E-state index contributed by atoms with van der Waals surface area (Å²) < 4.78 is 12.2. The van der Waals surface area contributed by atoms with E-state index >= 15 is 0 Å². The molecule has 2 aromatic carbocycles. The molecule has 1 heterocycles. The fourth-order valence-electron chi connectivity index (χ4n) is 4.51. The zero-order valence-electron chi connectivity index (χ0n) is 17.7. The van der Waals surface area contributed by atoms with Gasteiger partial charge < -0.3 is 19.9 Å². The summed E-state index contributed by atoms with van der Waals surface area (Å²) >= 11 is 5.94. The fraction of sp³-hybridized carbons (Fsp3) is 0.458. The lowest BCUT2D eigenvalue weighted by molar-refractivity contribution is -0.114. The number of ether oxygens (including phenoxy) is 2. The van der Waals surface area contributed by atoms with Gasteiger partial charge in [-0.05, 0) is 62.1 Å². The number of nitrogens with zero attached hydrogens (tertiary/aromatic N) is 1. The molecule has 31 heavy (non-hydrogen) atoms. The molecule has 6 nitrogen and oxygen atoms in total. The van der Waals surface area contributed by atoms with Crippen molar-refractivity contribution in [3.8, 4) is 11.5 Å². The number of amides is 1. The van der Waals surface area contributed by atoms with Crippen LogP contribution < -0.4 is 14.8 Å². The Hall–Kier alpha value is -2.28. The fourth-order valence-corrected chi connectivity index (χ4v) is 4.63. The van der Waals surface area contributed by atoms with Gasteiger partial charge in [0.05, 0.1) is 5.69 Å². The van der Waals surface area contributed by atoms with Crippen molar-refractivity contribution in [3.05, 3.63) is 53.6 Å². The van der Waals surface area contributed by atoms with E-state index in [1.165, 1.54) is 6.92 Å². The molecule has 2 N–H and O–H groups in total. The first-order valence-corrected chi connectivity index (χ1v) is 11.2. The Bertz CT molecular complexity index is 883. The van der Waals surface area contributed by atoms with Crippen molar-refractivity contribution >= 4 is 23.2 Å². The summed E-state index contributed by atoms with van der Waals surface area (Å²) in [7, 11) is 0. The minimum absolute atomic E-state index is 0.0782. The summed E-state index contributed by atoms with van der Waals surface area (Å²) in [6.45, 7) is 3.24. The highest BCUT2D eigenvalue weighted by Crippen LogP contribution is 2.33. The van der Waals surface area contributed by atoms with Crippen molar-refractivity contribution in [1.29, 1.82) is 0 Å². The lowest BCUT2D eigenvalue weighted by Gasteiger charge is -2.37. The third kappa shape index (κ3) is 5.50. The molecule has 2 aliphatic rings. The number of nitrogens with one attached hydrogen (secondary N) is 1. The minimum Gasteiger partial charge on any atom is -0.490 e. The lowest BCUT2D eigenvalue weighted by atomic mass is 10.0. The Morgan fingerprint density at radius 1 is 1.03 bits per heavy atom. The molecule has 2 fully saturated rings. The van der Waals surface area contributed by atoms with Crippen molar-refractivity contribution in [2.45, 2.75) is 57.0 Å². The molecule has 2 aromatic rings.